The largest absolute Gasteiger partial charge is 0.358 e. The number of nitrogens with zero attached hydrogens (tertiary/aromatic N) is 3. The monoisotopic (exact) mass is 192 g/mol. The van der Waals surface area contributed by atoms with Gasteiger partial charge in [-0.25, -0.2) is 4.98 Å². The Labute approximate surface area is 84.2 Å². The van der Waals surface area contributed by atoms with Crippen LogP contribution in [0.3, 0.4) is 0 Å². The van der Waals surface area contributed by atoms with Crippen molar-refractivity contribution in [3.05, 3.63) is 18.1 Å². The first-order valence-corrected chi connectivity index (χ1v) is 5.01. The van der Waals surface area contributed by atoms with Crippen molar-refractivity contribution in [3.8, 4) is 0 Å². The standard InChI is InChI=1S/C10H16N4/c1-14(7-8-2-3-8)10-6-12-9(4-11)5-13-10/h5-6,8H,2-4,7,11H2,1H3. The molecule has 1 heterocycles. The number of hydrogen-bond acceptors (Lipinski definition) is 4. The molecule has 2 N–H and O–H groups in total. The van der Waals surface area contributed by atoms with E-state index in [0.717, 1.165) is 24.0 Å². The molecular weight excluding hydrogens is 176 g/mol. The summed E-state index contributed by atoms with van der Waals surface area (Å²) in [5, 5.41) is 0. The summed E-state index contributed by atoms with van der Waals surface area (Å²) in [7, 11) is 2.06. The average Bonchev–Trinajstić information content (AvgIpc) is 3.02. The average molecular weight is 192 g/mol. The maximum atomic E-state index is 5.45. The van der Waals surface area contributed by atoms with Crippen molar-refractivity contribution in [2.75, 3.05) is 18.5 Å². The van der Waals surface area contributed by atoms with Crippen LogP contribution in [0.5, 0.6) is 0 Å². The fourth-order valence-electron chi connectivity index (χ4n) is 1.43. The Morgan fingerprint density at radius 3 is 2.71 bits per heavy atom. The molecule has 4 nitrogen and oxygen atoms in total. The molecule has 0 amide bonds. The van der Waals surface area contributed by atoms with Crippen LogP contribution in [0, 0.1) is 5.92 Å². The van der Waals surface area contributed by atoms with E-state index in [-0.39, 0.29) is 0 Å². The summed E-state index contributed by atoms with van der Waals surface area (Å²) >= 11 is 0. The normalized spacial score (nSPS) is 15.6. The summed E-state index contributed by atoms with van der Waals surface area (Å²) in [5.74, 6) is 1.81. The second-order valence-electron chi connectivity index (χ2n) is 3.89. The van der Waals surface area contributed by atoms with Gasteiger partial charge < -0.3 is 10.6 Å². The number of rotatable bonds is 4. The van der Waals surface area contributed by atoms with Gasteiger partial charge in [0.15, 0.2) is 0 Å². The summed E-state index contributed by atoms with van der Waals surface area (Å²) in [6, 6.07) is 0. The van der Waals surface area contributed by atoms with E-state index in [0.29, 0.717) is 6.54 Å². The molecule has 1 fully saturated rings. The molecule has 1 aliphatic rings. The summed E-state index contributed by atoms with van der Waals surface area (Å²) in [6.45, 7) is 1.55. The molecule has 14 heavy (non-hydrogen) atoms. The van der Waals surface area contributed by atoms with Crippen molar-refractivity contribution >= 4 is 5.82 Å². The van der Waals surface area contributed by atoms with Gasteiger partial charge in [0, 0.05) is 20.1 Å². The van der Waals surface area contributed by atoms with Crippen LogP contribution in [0.15, 0.2) is 12.4 Å². The van der Waals surface area contributed by atoms with Crippen molar-refractivity contribution in [1.29, 1.82) is 0 Å². The van der Waals surface area contributed by atoms with Crippen molar-refractivity contribution < 1.29 is 0 Å². The first-order chi connectivity index (χ1) is 6.79. The van der Waals surface area contributed by atoms with Gasteiger partial charge in [-0.15, -0.1) is 0 Å². The van der Waals surface area contributed by atoms with Gasteiger partial charge in [0.25, 0.3) is 0 Å². The van der Waals surface area contributed by atoms with Crippen LogP contribution in [-0.2, 0) is 6.54 Å². The molecular formula is C10H16N4. The molecule has 0 radical (unpaired) electrons. The van der Waals surface area contributed by atoms with Crippen LogP contribution in [0.2, 0.25) is 0 Å². The molecule has 0 aliphatic heterocycles. The van der Waals surface area contributed by atoms with Gasteiger partial charge in [-0.2, -0.15) is 0 Å². The highest BCUT2D eigenvalue weighted by atomic mass is 15.2. The zero-order valence-electron chi connectivity index (χ0n) is 8.48. The van der Waals surface area contributed by atoms with Gasteiger partial charge in [-0.3, -0.25) is 4.98 Å². The van der Waals surface area contributed by atoms with Gasteiger partial charge in [0.1, 0.15) is 5.82 Å². The van der Waals surface area contributed by atoms with E-state index in [1.54, 1.807) is 12.4 Å². The first kappa shape index (κ1) is 9.40. The lowest BCUT2D eigenvalue weighted by atomic mass is 10.4. The highest BCUT2D eigenvalue weighted by Gasteiger charge is 2.23. The lowest BCUT2D eigenvalue weighted by Gasteiger charge is -2.17. The van der Waals surface area contributed by atoms with Crippen LogP contribution in [0.1, 0.15) is 18.5 Å². The van der Waals surface area contributed by atoms with Gasteiger partial charge >= 0.3 is 0 Å². The fourth-order valence-corrected chi connectivity index (χ4v) is 1.43. The maximum Gasteiger partial charge on any atom is 0.146 e. The van der Waals surface area contributed by atoms with Crippen molar-refractivity contribution in [3.63, 3.8) is 0 Å². The number of anilines is 1. The molecule has 0 atom stereocenters. The van der Waals surface area contributed by atoms with Crippen LogP contribution in [0.4, 0.5) is 5.82 Å². The van der Waals surface area contributed by atoms with Gasteiger partial charge in [0.2, 0.25) is 0 Å². The highest BCUT2D eigenvalue weighted by molar-refractivity contribution is 5.34. The molecule has 76 valence electrons. The molecule has 1 saturated carbocycles. The highest BCUT2D eigenvalue weighted by Crippen LogP contribution is 2.30. The van der Waals surface area contributed by atoms with Crippen molar-refractivity contribution in [2.45, 2.75) is 19.4 Å². The Bertz CT molecular complexity index is 291. The third kappa shape index (κ3) is 2.20. The van der Waals surface area contributed by atoms with E-state index in [1.165, 1.54) is 12.8 Å². The lowest BCUT2D eigenvalue weighted by molar-refractivity contribution is 0.772. The lowest BCUT2D eigenvalue weighted by Crippen LogP contribution is -2.21. The number of nitrogens with two attached hydrogens (primary N) is 1. The first-order valence-electron chi connectivity index (χ1n) is 5.01. The third-order valence-electron chi connectivity index (χ3n) is 2.52. The van der Waals surface area contributed by atoms with E-state index in [4.69, 9.17) is 5.73 Å². The molecule has 0 unspecified atom stereocenters. The van der Waals surface area contributed by atoms with E-state index in [2.05, 4.69) is 21.9 Å². The Morgan fingerprint density at radius 2 is 2.21 bits per heavy atom. The zero-order chi connectivity index (χ0) is 9.97. The Kier molecular flexibility index (Phi) is 2.63. The smallest absolute Gasteiger partial charge is 0.146 e. The third-order valence-corrected chi connectivity index (χ3v) is 2.52. The molecule has 0 spiro atoms. The summed E-state index contributed by atoms with van der Waals surface area (Å²) in [4.78, 5) is 10.7. The van der Waals surface area contributed by atoms with Gasteiger partial charge in [-0.05, 0) is 18.8 Å². The minimum absolute atomic E-state index is 0.458. The molecule has 0 aromatic carbocycles. The Balaban J connectivity index is 1.99. The molecule has 4 heteroatoms. The fraction of sp³-hybridized carbons (Fsp3) is 0.600. The second-order valence-corrected chi connectivity index (χ2v) is 3.89. The summed E-state index contributed by atoms with van der Waals surface area (Å²) in [5.41, 5.74) is 6.29. The Hall–Kier alpha value is -1.16. The SMILES string of the molecule is CN(CC1CC1)c1cnc(CN)cn1. The van der Waals surface area contributed by atoms with Crippen LogP contribution in [0.25, 0.3) is 0 Å². The van der Waals surface area contributed by atoms with E-state index in [9.17, 15) is 0 Å². The maximum absolute atomic E-state index is 5.45. The Morgan fingerprint density at radius 1 is 1.43 bits per heavy atom. The molecule has 1 aromatic rings. The minimum Gasteiger partial charge on any atom is -0.358 e. The van der Waals surface area contributed by atoms with E-state index >= 15 is 0 Å². The van der Waals surface area contributed by atoms with Crippen LogP contribution < -0.4 is 10.6 Å². The van der Waals surface area contributed by atoms with E-state index < -0.39 is 0 Å². The zero-order valence-corrected chi connectivity index (χ0v) is 8.48. The topological polar surface area (TPSA) is 55.0 Å². The quantitative estimate of drug-likeness (QED) is 0.766. The second kappa shape index (κ2) is 3.92. The number of aromatic nitrogens is 2. The van der Waals surface area contributed by atoms with Gasteiger partial charge in [-0.1, -0.05) is 0 Å². The van der Waals surface area contributed by atoms with Crippen molar-refractivity contribution in [1.82, 2.24) is 9.97 Å². The minimum atomic E-state index is 0.458. The molecule has 2 rings (SSSR count). The van der Waals surface area contributed by atoms with E-state index in [1.807, 2.05) is 0 Å². The van der Waals surface area contributed by atoms with Crippen LogP contribution >= 0.6 is 0 Å². The van der Waals surface area contributed by atoms with Crippen molar-refractivity contribution in [2.24, 2.45) is 11.7 Å². The molecule has 1 aromatic heterocycles. The molecule has 0 saturated heterocycles. The predicted molar refractivity (Wildman–Crippen MR) is 55.9 cm³/mol. The molecule has 1 aliphatic carbocycles. The number of hydrogen-bond donors (Lipinski definition) is 1. The van der Waals surface area contributed by atoms with Gasteiger partial charge in [0.05, 0.1) is 18.1 Å². The predicted octanol–water partition coefficient (Wildman–Crippen LogP) is 0.781. The summed E-state index contributed by atoms with van der Waals surface area (Å²) in [6.07, 6.45) is 6.26. The summed E-state index contributed by atoms with van der Waals surface area (Å²) < 4.78 is 0. The van der Waals surface area contributed by atoms with Crippen LogP contribution in [-0.4, -0.2) is 23.6 Å². The molecule has 0 bridgehead atoms.